The zero-order valence-corrected chi connectivity index (χ0v) is 8.74. The number of nitrogen functional groups attached to an aromatic ring is 1. The zero-order chi connectivity index (χ0) is 9.52. The van der Waals surface area contributed by atoms with Gasteiger partial charge in [0.05, 0.1) is 5.75 Å². The molecule has 0 spiro atoms. The molecule has 1 heterocycles. The van der Waals surface area contributed by atoms with Crippen molar-refractivity contribution in [3.05, 3.63) is 0 Å². The maximum Gasteiger partial charge on any atom is 0.203 e. The summed E-state index contributed by atoms with van der Waals surface area (Å²) in [5, 5.41) is 8.02. The summed E-state index contributed by atoms with van der Waals surface area (Å²) in [4.78, 5) is 0. The number of nitrogens with zero attached hydrogens (tertiary/aromatic N) is 2. The quantitative estimate of drug-likeness (QED) is 0.598. The molecule has 0 aliphatic carbocycles. The minimum absolute atomic E-state index is 0.471. The van der Waals surface area contributed by atoms with Crippen molar-refractivity contribution < 1.29 is 4.74 Å². The Morgan fingerprint density at radius 3 is 3.00 bits per heavy atom. The summed E-state index contributed by atoms with van der Waals surface area (Å²) in [7, 11) is 1.62. The molecule has 0 saturated heterocycles. The Labute approximate surface area is 84.9 Å². The number of nitrogens with two attached hydrogens (primary N) is 1. The van der Waals surface area contributed by atoms with E-state index in [0.717, 1.165) is 4.34 Å². The standard InChI is InChI=1S/C7H9N3OS2/c1-11-4-2-3-5-12-7-10-9-6(8)13-7/h4-5H2,1H3,(H2,8,9). The van der Waals surface area contributed by atoms with Gasteiger partial charge in [-0.25, -0.2) is 0 Å². The second-order valence-corrected chi connectivity index (χ2v) is 4.21. The Hall–Kier alpha value is -0.770. The van der Waals surface area contributed by atoms with E-state index in [4.69, 9.17) is 10.5 Å². The molecule has 0 bridgehead atoms. The third-order valence-corrected chi connectivity index (χ3v) is 2.80. The number of thioether (sulfide) groups is 1. The smallest absolute Gasteiger partial charge is 0.203 e. The number of hydrogen-bond donors (Lipinski definition) is 1. The molecule has 6 heteroatoms. The Balaban J connectivity index is 2.24. The van der Waals surface area contributed by atoms with Crippen molar-refractivity contribution in [1.82, 2.24) is 10.2 Å². The first-order chi connectivity index (χ1) is 6.33. The summed E-state index contributed by atoms with van der Waals surface area (Å²) in [6.07, 6.45) is 0. The van der Waals surface area contributed by atoms with Gasteiger partial charge in [0.15, 0.2) is 4.34 Å². The first-order valence-corrected chi connectivity index (χ1v) is 5.29. The largest absolute Gasteiger partial charge is 0.374 e. The molecule has 70 valence electrons. The number of aromatic nitrogens is 2. The molecule has 0 fully saturated rings. The van der Waals surface area contributed by atoms with Crippen molar-refractivity contribution in [3.63, 3.8) is 0 Å². The van der Waals surface area contributed by atoms with E-state index in [-0.39, 0.29) is 0 Å². The van der Waals surface area contributed by atoms with Gasteiger partial charge >= 0.3 is 0 Å². The van der Waals surface area contributed by atoms with Crippen LogP contribution in [-0.2, 0) is 4.74 Å². The monoisotopic (exact) mass is 215 g/mol. The van der Waals surface area contributed by atoms with E-state index in [0.29, 0.717) is 17.5 Å². The summed E-state index contributed by atoms with van der Waals surface area (Å²) >= 11 is 2.90. The molecular formula is C7H9N3OS2. The molecule has 0 radical (unpaired) electrons. The van der Waals surface area contributed by atoms with Crippen molar-refractivity contribution in [1.29, 1.82) is 0 Å². The van der Waals surface area contributed by atoms with Crippen LogP contribution in [0, 0.1) is 11.8 Å². The Kier molecular flexibility index (Phi) is 4.60. The number of hydrogen-bond acceptors (Lipinski definition) is 6. The summed E-state index contributed by atoms with van der Waals surface area (Å²) in [6.45, 7) is 0.471. The van der Waals surface area contributed by atoms with Crippen LogP contribution in [-0.4, -0.2) is 29.7 Å². The van der Waals surface area contributed by atoms with Crippen molar-refractivity contribution in [3.8, 4) is 11.8 Å². The van der Waals surface area contributed by atoms with Gasteiger partial charge in [0, 0.05) is 7.11 Å². The van der Waals surface area contributed by atoms with E-state index in [1.165, 1.54) is 23.1 Å². The molecule has 0 saturated carbocycles. The molecule has 0 aromatic carbocycles. The lowest BCUT2D eigenvalue weighted by molar-refractivity contribution is 0.240. The highest BCUT2D eigenvalue weighted by Gasteiger charge is 1.98. The number of rotatable bonds is 3. The highest BCUT2D eigenvalue weighted by atomic mass is 32.2. The summed E-state index contributed by atoms with van der Waals surface area (Å²) < 4.78 is 5.62. The number of anilines is 1. The van der Waals surface area contributed by atoms with Gasteiger partial charge in [-0.05, 0) is 0 Å². The number of ether oxygens (including phenoxy) is 1. The van der Waals surface area contributed by atoms with Crippen molar-refractivity contribution in [2.45, 2.75) is 4.34 Å². The van der Waals surface area contributed by atoms with Gasteiger partial charge in [-0.2, -0.15) is 0 Å². The van der Waals surface area contributed by atoms with Crippen LogP contribution in [0.25, 0.3) is 0 Å². The lowest BCUT2D eigenvalue weighted by atomic mass is 10.6. The summed E-state index contributed by atoms with van der Waals surface area (Å²) in [6, 6.07) is 0. The summed E-state index contributed by atoms with van der Waals surface area (Å²) in [5.41, 5.74) is 5.41. The highest BCUT2D eigenvalue weighted by molar-refractivity contribution is 8.01. The maximum absolute atomic E-state index is 5.41. The lowest BCUT2D eigenvalue weighted by Gasteiger charge is -1.85. The molecule has 0 aliphatic heterocycles. The van der Waals surface area contributed by atoms with Crippen molar-refractivity contribution in [2.75, 3.05) is 25.2 Å². The number of methoxy groups -OCH3 is 1. The Morgan fingerprint density at radius 1 is 1.54 bits per heavy atom. The lowest BCUT2D eigenvalue weighted by Crippen LogP contribution is -1.82. The predicted octanol–water partition coefficient (Wildman–Crippen LogP) is 0.862. The highest BCUT2D eigenvalue weighted by Crippen LogP contribution is 2.22. The molecular weight excluding hydrogens is 206 g/mol. The molecule has 4 nitrogen and oxygen atoms in total. The first kappa shape index (κ1) is 10.3. The zero-order valence-electron chi connectivity index (χ0n) is 7.11. The minimum Gasteiger partial charge on any atom is -0.374 e. The molecule has 1 rings (SSSR count). The average molecular weight is 215 g/mol. The van der Waals surface area contributed by atoms with E-state index in [2.05, 4.69) is 22.0 Å². The SMILES string of the molecule is COCC#CCSc1nnc(N)s1. The molecule has 13 heavy (non-hydrogen) atoms. The average Bonchev–Trinajstić information content (AvgIpc) is 2.51. The van der Waals surface area contributed by atoms with Crippen molar-refractivity contribution >= 4 is 28.2 Å². The van der Waals surface area contributed by atoms with Gasteiger partial charge in [-0.1, -0.05) is 34.9 Å². The third-order valence-electron chi connectivity index (χ3n) is 1.03. The van der Waals surface area contributed by atoms with Crippen molar-refractivity contribution in [2.24, 2.45) is 0 Å². The van der Waals surface area contributed by atoms with E-state index in [1.54, 1.807) is 7.11 Å². The van der Waals surface area contributed by atoms with Crippen LogP contribution in [0.3, 0.4) is 0 Å². The molecule has 2 N–H and O–H groups in total. The topological polar surface area (TPSA) is 61.0 Å². The second kappa shape index (κ2) is 5.80. The predicted molar refractivity (Wildman–Crippen MR) is 54.7 cm³/mol. The molecule has 1 aromatic rings. The van der Waals surface area contributed by atoms with Gasteiger partial charge in [0.2, 0.25) is 5.13 Å². The van der Waals surface area contributed by atoms with Gasteiger partial charge < -0.3 is 10.5 Å². The van der Waals surface area contributed by atoms with Gasteiger partial charge in [0.25, 0.3) is 0 Å². The molecule has 0 aliphatic rings. The molecule has 1 aromatic heterocycles. The Bertz CT molecular complexity index is 315. The van der Waals surface area contributed by atoms with Crippen LogP contribution in [0.5, 0.6) is 0 Å². The van der Waals surface area contributed by atoms with Gasteiger partial charge in [-0.15, -0.1) is 10.2 Å². The fourth-order valence-corrected chi connectivity index (χ4v) is 1.96. The summed E-state index contributed by atoms with van der Waals surface area (Å²) in [5.74, 6) is 6.47. The van der Waals surface area contributed by atoms with Crippen LogP contribution in [0.15, 0.2) is 4.34 Å². The van der Waals surface area contributed by atoms with E-state index < -0.39 is 0 Å². The van der Waals surface area contributed by atoms with E-state index in [9.17, 15) is 0 Å². The second-order valence-electron chi connectivity index (χ2n) is 1.98. The normalized spacial score (nSPS) is 9.31. The maximum atomic E-state index is 5.41. The van der Waals surface area contributed by atoms with E-state index in [1.807, 2.05) is 0 Å². The third kappa shape index (κ3) is 4.12. The molecule has 0 atom stereocenters. The minimum atomic E-state index is 0.471. The van der Waals surface area contributed by atoms with Crippen LogP contribution in [0.1, 0.15) is 0 Å². The first-order valence-electron chi connectivity index (χ1n) is 3.49. The Morgan fingerprint density at radius 2 is 2.38 bits per heavy atom. The van der Waals surface area contributed by atoms with Crippen LogP contribution in [0.4, 0.5) is 5.13 Å². The van der Waals surface area contributed by atoms with E-state index >= 15 is 0 Å². The fourth-order valence-electron chi connectivity index (χ4n) is 0.551. The van der Waals surface area contributed by atoms with Crippen LogP contribution < -0.4 is 5.73 Å². The van der Waals surface area contributed by atoms with Crippen LogP contribution >= 0.6 is 23.1 Å². The van der Waals surface area contributed by atoms with Gasteiger partial charge in [-0.3, -0.25) is 0 Å². The molecule has 0 amide bonds. The molecule has 0 unspecified atom stereocenters. The van der Waals surface area contributed by atoms with Gasteiger partial charge in [0.1, 0.15) is 6.61 Å². The fraction of sp³-hybridized carbons (Fsp3) is 0.429. The van der Waals surface area contributed by atoms with Crippen LogP contribution in [0.2, 0.25) is 0 Å².